The average molecular weight is 173 g/mol. The molecule has 0 saturated heterocycles. The molecule has 0 radical (unpaired) electrons. The lowest BCUT2D eigenvalue weighted by Crippen LogP contribution is -2.42. The Balaban J connectivity index is 4.05. The largest absolute Gasteiger partial charge is 0.395 e. The van der Waals surface area contributed by atoms with Gasteiger partial charge in [-0.3, -0.25) is 4.90 Å². The molecule has 0 saturated carbocycles. The predicted molar refractivity (Wildman–Crippen MR) is 53.3 cm³/mol. The summed E-state index contributed by atoms with van der Waals surface area (Å²) < 4.78 is 0. The summed E-state index contributed by atoms with van der Waals surface area (Å²) in [6, 6.07) is 0.895. The van der Waals surface area contributed by atoms with Crippen molar-refractivity contribution in [2.75, 3.05) is 13.2 Å². The summed E-state index contributed by atoms with van der Waals surface area (Å²) in [6.45, 7) is 10.1. The van der Waals surface area contributed by atoms with E-state index in [4.69, 9.17) is 5.11 Å². The van der Waals surface area contributed by atoms with Gasteiger partial charge >= 0.3 is 0 Å². The smallest absolute Gasteiger partial charge is 0.0586 e. The number of rotatable bonds is 6. The summed E-state index contributed by atoms with van der Waals surface area (Å²) in [5, 5.41) is 9.13. The van der Waals surface area contributed by atoms with E-state index in [9.17, 15) is 0 Å². The lowest BCUT2D eigenvalue weighted by Gasteiger charge is -2.32. The molecule has 0 fully saturated rings. The molecule has 0 aromatic carbocycles. The van der Waals surface area contributed by atoms with Gasteiger partial charge in [0.25, 0.3) is 0 Å². The van der Waals surface area contributed by atoms with Gasteiger partial charge in [0.15, 0.2) is 0 Å². The van der Waals surface area contributed by atoms with Crippen LogP contribution < -0.4 is 0 Å². The van der Waals surface area contributed by atoms with E-state index in [1.54, 1.807) is 0 Å². The van der Waals surface area contributed by atoms with E-state index in [0.717, 1.165) is 19.4 Å². The lowest BCUT2D eigenvalue weighted by molar-refractivity contribution is 0.0927. The second-order valence-corrected chi connectivity index (χ2v) is 3.58. The Morgan fingerprint density at radius 3 is 2.08 bits per heavy atom. The highest BCUT2D eigenvalue weighted by molar-refractivity contribution is 4.72. The van der Waals surface area contributed by atoms with Crippen molar-refractivity contribution in [2.24, 2.45) is 0 Å². The van der Waals surface area contributed by atoms with Crippen molar-refractivity contribution in [2.45, 2.75) is 52.6 Å². The Kier molecular flexibility index (Phi) is 6.39. The third kappa shape index (κ3) is 3.55. The Bertz CT molecular complexity index is 100. The van der Waals surface area contributed by atoms with Crippen LogP contribution in [0.25, 0.3) is 0 Å². The molecule has 74 valence electrons. The Morgan fingerprint density at radius 1 is 1.25 bits per heavy atom. The molecule has 0 aliphatic rings. The number of hydrogen-bond acceptors (Lipinski definition) is 2. The zero-order chi connectivity index (χ0) is 9.56. The molecule has 2 nitrogen and oxygen atoms in total. The van der Waals surface area contributed by atoms with E-state index in [1.807, 2.05) is 0 Å². The van der Waals surface area contributed by atoms with Crippen molar-refractivity contribution < 1.29 is 5.11 Å². The van der Waals surface area contributed by atoms with Gasteiger partial charge in [0.05, 0.1) is 6.61 Å². The van der Waals surface area contributed by atoms with Crippen molar-refractivity contribution in [3.05, 3.63) is 0 Å². The van der Waals surface area contributed by atoms with Gasteiger partial charge in [-0.25, -0.2) is 0 Å². The summed E-state index contributed by atoms with van der Waals surface area (Å²) in [6.07, 6.45) is 2.20. The van der Waals surface area contributed by atoms with Crippen LogP contribution in [0.3, 0.4) is 0 Å². The van der Waals surface area contributed by atoms with Gasteiger partial charge in [0, 0.05) is 12.1 Å². The monoisotopic (exact) mass is 173 g/mol. The third-order valence-corrected chi connectivity index (χ3v) is 2.30. The highest BCUT2D eigenvalue weighted by atomic mass is 16.3. The first-order chi connectivity index (χ1) is 5.67. The topological polar surface area (TPSA) is 23.5 Å². The van der Waals surface area contributed by atoms with Crippen LogP contribution in [-0.4, -0.2) is 35.2 Å². The summed E-state index contributed by atoms with van der Waals surface area (Å²) in [4.78, 5) is 2.38. The van der Waals surface area contributed by atoms with Gasteiger partial charge in [0.2, 0.25) is 0 Å². The van der Waals surface area contributed by atoms with E-state index in [1.165, 1.54) is 0 Å². The predicted octanol–water partition coefficient (Wildman–Crippen LogP) is 1.88. The molecule has 0 bridgehead atoms. The number of aliphatic hydroxyl groups excluding tert-OH is 1. The first kappa shape index (κ1) is 11.9. The van der Waals surface area contributed by atoms with E-state index in [0.29, 0.717) is 12.1 Å². The number of nitrogens with zero attached hydrogens (tertiary/aromatic N) is 1. The van der Waals surface area contributed by atoms with Crippen molar-refractivity contribution in [3.63, 3.8) is 0 Å². The van der Waals surface area contributed by atoms with E-state index in [-0.39, 0.29) is 6.61 Å². The molecule has 1 unspecified atom stereocenters. The van der Waals surface area contributed by atoms with Gasteiger partial charge in [-0.05, 0) is 33.2 Å². The Morgan fingerprint density at radius 2 is 1.83 bits per heavy atom. The molecule has 0 rings (SSSR count). The fraction of sp³-hybridized carbons (Fsp3) is 1.00. The minimum atomic E-state index is 0.286. The molecule has 0 aliphatic carbocycles. The molecule has 0 amide bonds. The molecule has 0 spiro atoms. The second-order valence-electron chi connectivity index (χ2n) is 3.58. The van der Waals surface area contributed by atoms with Crippen LogP contribution in [0.5, 0.6) is 0 Å². The van der Waals surface area contributed by atoms with Gasteiger partial charge < -0.3 is 5.11 Å². The van der Waals surface area contributed by atoms with Crippen LogP contribution in [0, 0.1) is 0 Å². The van der Waals surface area contributed by atoms with Crippen LogP contribution in [0.15, 0.2) is 0 Å². The molecule has 0 heterocycles. The summed E-state index contributed by atoms with van der Waals surface area (Å²) in [5.41, 5.74) is 0. The first-order valence-corrected chi connectivity index (χ1v) is 5.03. The molecule has 2 heteroatoms. The van der Waals surface area contributed by atoms with Crippen molar-refractivity contribution in [3.8, 4) is 0 Å². The summed E-state index contributed by atoms with van der Waals surface area (Å²) >= 11 is 0. The van der Waals surface area contributed by atoms with E-state index < -0.39 is 0 Å². The van der Waals surface area contributed by atoms with Crippen LogP contribution in [0.4, 0.5) is 0 Å². The summed E-state index contributed by atoms with van der Waals surface area (Å²) in [7, 11) is 0. The van der Waals surface area contributed by atoms with Crippen LogP contribution in [0.2, 0.25) is 0 Å². The fourth-order valence-corrected chi connectivity index (χ4v) is 1.59. The lowest BCUT2D eigenvalue weighted by atomic mass is 10.1. The molecular weight excluding hydrogens is 150 g/mol. The van der Waals surface area contributed by atoms with Gasteiger partial charge in [-0.2, -0.15) is 0 Å². The zero-order valence-electron chi connectivity index (χ0n) is 8.88. The molecule has 1 atom stereocenters. The SMILES string of the molecule is CCCN(C(C)C)C(CC)CO. The average Bonchev–Trinajstić information content (AvgIpc) is 2.05. The minimum absolute atomic E-state index is 0.286. The van der Waals surface area contributed by atoms with Crippen LogP contribution in [0.1, 0.15) is 40.5 Å². The maximum Gasteiger partial charge on any atom is 0.0586 e. The van der Waals surface area contributed by atoms with E-state index in [2.05, 4.69) is 32.6 Å². The summed E-state index contributed by atoms with van der Waals surface area (Å²) in [5.74, 6) is 0. The molecule has 0 aliphatic heterocycles. The quantitative estimate of drug-likeness (QED) is 0.663. The van der Waals surface area contributed by atoms with Crippen LogP contribution in [-0.2, 0) is 0 Å². The minimum Gasteiger partial charge on any atom is -0.395 e. The normalized spacial score (nSPS) is 14.2. The van der Waals surface area contributed by atoms with Gasteiger partial charge in [0.1, 0.15) is 0 Å². The fourth-order valence-electron chi connectivity index (χ4n) is 1.59. The van der Waals surface area contributed by atoms with Gasteiger partial charge in [-0.1, -0.05) is 13.8 Å². The Labute approximate surface area is 76.6 Å². The van der Waals surface area contributed by atoms with Crippen molar-refractivity contribution in [1.29, 1.82) is 0 Å². The van der Waals surface area contributed by atoms with E-state index >= 15 is 0 Å². The molecular formula is C10H23NO. The number of aliphatic hydroxyl groups is 1. The second kappa shape index (κ2) is 6.44. The maximum atomic E-state index is 9.13. The zero-order valence-corrected chi connectivity index (χ0v) is 8.88. The standard InChI is InChI=1S/C10H23NO/c1-5-7-11(9(3)4)10(6-2)8-12/h9-10,12H,5-8H2,1-4H3. The third-order valence-electron chi connectivity index (χ3n) is 2.30. The van der Waals surface area contributed by atoms with Crippen molar-refractivity contribution >= 4 is 0 Å². The highest BCUT2D eigenvalue weighted by Gasteiger charge is 2.17. The van der Waals surface area contributed by atoms with Crippen LogP contribution >= 0.6 is 0 Å². The molecule has 0 aromatic rings. The maximum absolute atomic E-state index is 9.13. The molecule has 1 N–H and O–H groups in total. The highest BCUT2D eigenvalue weighted by Crippen LogP contribution is 2.08. The van der Waals surface area contributed by atoms with Crippen molar-refractivity contribution in [1.82, 2.24) is 4.90 Å². The Hall–Kier alpha value is -0.0800. The molecule has 0 aromatic heterocycles. The van der Waals surface area contributed by atoms with Gasteiger partial charge in [-0.15, -0.1) is 0 Å². The number of hydrogen-bond donors (Lipinski definition) is 1. The molecule has 12 heavy (non-hydrogen) atoms. The first-order valence-electron chi connectivity index (χ1n) is 5.03.